The molecule has 1 amide bonds. The third kappa shape index (κ3) is 3.76. The number of aliphatic hydroxyl groups is 1. The number of nitrogens with one attached hydrogen (secondary N) is 2. The summed E-state index contributed by atoms with van der Waals surface area (Å²) in [5.74, 6) is -3.39. The van der Waals surface area contributed by atoms with E-state index in [9.17, 15) is 19.8 Å². The van der Waals surface area contributed by atoms with Crippen LogP contribution < -0.4 is 11.1 Å². The molecule has 1 rings (SSSR count). The SMILES string of the molecule is CCC(CC)[C@H](NC(C)=O)[C@@H]1[C@H](O)[C@@H](C(=O)O)C[C@H]1C(=N)N. The molecule has 1 saturated carbocycles. The van der Waals surface area contributed by atoms with Gasteiger partial charge in [-0.1, -0.05) is 26.7 Å². The molecule has 6 N–H and O–H groups in total. The van der Waals surface area contributed by atoms with E-state index in [1.807, 2.05) is 13.8 Å². The van der Waals surface area contributed by atoms with Crippen LogP contribution in [-0.2, 0) is 9.59 Å². The van der Waals surface area contributed by atoms with Gasteiger partial charge in [0.25, 0.3) is 0 Å². The molecule has 0 aromatic heterocycles. The van der Waals surface area contributed by atoms with Crippen molar-refractivity contribution < 1.29 is 19.8 Å². The number of carbonyl (C=O) groups is 2. The number of aliphatic hydroxyl groups excluding tert-OH is 1. The number of rotatable bonds is 7. The predicted molar refractivity (Wildman–Crippen MR) is 82.3 cm³/mol. The van der Waals surface area contributed by atoms with E-state index in [0.717, 1.165) is 12.8 Å². The molecule has 1 aliphatic rings. The number of carboxylic acids is 1. The van der Waals surface area contributed by atoms with Crippen LogP contribution in [0.25, 0.3) is 0 Å². The summed E-state index contributed by atoms with van der Waals surface area (Å²) >= 11 is 0. The van der Waals surface area contributed by atoms with Crippen LogP contribution in [0.4, 0.5) is 0 Å². The molecule has 1 aliphatic carbocycles. The molecular weight excluding hydrogens is 286 g/mol. The average molecular weight is 313 g/mol. The van der Waals surface area contributed by atoms with E-state index >= 15 is 0 Å². The van der Waals surface area contributed by atoms with Crippen LogP contribution in [0.1, 0.15) is 40.0 Å². The molecule has 22 heavy (non-hydrogen) atoms. The standard InChI is InChI=1S/C15H27N3O4/c1-4-8(5-2)12(18-7(3)19)11-9(14(16)17)6-10(13(11)20)15(21)22/h8-13,20H,4-6H2,1-3H3,(H3,16,17)(H,18,19)(H,21,22)/t9-,10+,11-,12+,13-/m1/s1. The van der Waals surface area contributed by atoms with Crippen LogP contribution in [0, 0.1) is 29.1 Å². The van der Waals surface area contributed by atoms with Crippen LogP contribution in [0.5, 0.6) is 0 Å². The first-order valence-corrected chi connectivity index (χ1v) is 7.76. The van der Waals surface area contributed by atoms with E-state index in [-0.39, 0.29) is 30.1 Å². The Labute approximate surface area is 130 Å². The Balaban J connectivity index is 3.19. The van der Waals surface area contributed by atoms with Crippen molar-refractivity contribution in [3.8, 4) is 0 Å². The molecule has 0 radical (unpaired) electrons. The number of carbonyl (C=O) groups excluding carboxylic acids is 1. The van der Waals surface area contributed by atoms with Gasteiger partial charge in [0, 0.05) is 24.8 Å². The molecule has 0 bridgehead atoms. The lowest BCUT2D eigenvalue weighted by Gasteiger charge is -2.36. The second-order valence-corrected chi connectivity index (χ2v) is 6.11. The largest absolute Gasteiger partial charge is 0.481 e. The van der Waals surface area contributed by atoms with Gasteiger partial charge in [-0.05, 0) is 12.3 Å². The number of amidine groups is 1. The van der Waals surface area contributed by atoms with Gasteiger partial charge < -0.3 is 21.3 Å². The summed E-state index contributed by atoms with van der Waals surface area (Å²) in [6, 6.07) is -0.388. The van der Waals surface area contributed by atoms with Gasteiger partial charge in [-0.15, -0.1) is 0 Å². The second kappa shape index (κ2) is 7.58. The van der Waals surface area contributed by atoms with E-state index in [0.29, 0.717) is 0 Å². The highest BCUT2D eigenvalue weighted by Crippen LogP contribution is 2.41. The molecule has 0 spiro atoms. The number of nitrogens with two attached hydrogens (primary N) is 1. The quantitative estimate of drug-likeness (QED) is 0.345. The summed E-state index contributed by atoms with van der Waals surface area (Å²) in [7, 11) is 0. The maximum Gasteiger partial charge on any atom is 0.309 e. The third-order valence-electron chi connectivity index (χ3n) is 4.84. The van der Waals surface area contributed by atoms with Gasteiger partial charge in [-0.3, -0.25) is 15.0 Å². The molecule has 0 aromatic rings. The van der Waals surface area contributed by atoms with Crippen molar-refractivity contribution in [2.24, 2.45) is 29.4 Å². The lowest BCUT2D eigenvalue weighted by molar-refractivity contribution is -0.145. The fourth-order valence-electron chi connectivity index (χ4n) is 3.68. The number of carboxylic acid groups (broad SMARTS) is 1. The van der Waals surface area contributed by atoms with Crippen molar-refractivity contribution >= 4 is 17.7 Å². The highest BCUT2D eigenvalue weighted by Gasteiger charge is 2.51. The molecule has 0 heterocycles. The van der Waals surface area contributed by atoms with E-state index < -0.39 is 29.8 Å². The fourth-order valence-corrected chi connectivity index (χ4v) is 3.68. The van der Waals surface area contributed by atoms with Crippen molar-refractivity contribution in [1.82, 2.24) is 5.32 Å². The Morgan fingerprint density at radius 1 is 1.32 bits per heavy atom. The summed E-state index contributed by atoms with van der Waals surface area (Å²) in [4.78, 5) is 22.9. The Hall–Kier alpha value is -1.63. The Kier molecular flexibility index (Phi) is 6.34. The predicted octanol–water partition coefficient (Wildman–Crippen LogP) is 0.561. The molecule has 126 valence electrons. The number of hydrogen-bond acceptors (Lipinski definition) is 4. The lowest BCUT2D eigenvalue weighted by atomic mass is 9.78. The van der Waals surface area contributed by atoms with Gasteiger partial charge in [0.1, 0.15) is 0 Å². The molecular formula is C15H27N3O4. The third-order valence-corrected chi connectivity index (χ3v) is 4.84. The minimum atomic E-state index is -1.12. The Morgan fingerprint density at radius 3 is 2.23 bits per heavy atom. The smallest absolute Gasteiger partial charge is 0.309 e. The first-order valence-electron chi connectivity index (χ1n) is 7.76. The lowest BCUT2D eigenvalue weighted by Crippen LogP contribution is -2.51. The summed E-state index contributed by atoms with van der Waals surface area (Å²) in [5.41, 5.74) is 5.63. The van der Waals surface area contributed by atoms with E-state index in [1.54, 1.807) is 0 Å². The topological polar surface area (TPSA) is 137 Å². The van der Waals surface area contributed by atoms with Crippen molar-refractivity contribution in [2.75, 3.05) is 0 Å². The molecule has 7 nitrogen and oxygen atoms in total. The van der Waals surface area contributed by atoms with Gasteiger partial charge in [0.2, 0.25) is 5.91 Å². The number of hydrogen-bond donors (Lipinski definition) is 5. The zero-order valence-corrected chi connectivity index (χ0v) is 13.4. The highest BCUT2D eigenvalue weighted by atomic mass is 16.4. The first kappa shape index (κ1) is 18.4. The van der Waals surface area contributed by atoms with Crippen LogP contribution in [0.15, 0.2) is 0 Å². The van der Waals surface area contributed by atoms with Crippen LogP contribution >= 0.6 is 0 Å². The first-order chi connectivity index (χ1) is 10.2. The monoisotopic (exact) mass is 313 g/mol. The molecule has 0 saturated heterocycles. The minimum Gasteiger partial charge on any atom is -0.481 e. The van der Waals surface area contributed by atoms with Gasteiger partial charge in [-0.2, -0.15) is 0 Å². The number of aliphatic carboxylic acids is 1. The van der Waals surface area contributed by atoms with Crippen LogP contribution in [-0.4, -0.2) is 40.1 Å². The molecule has 0 aromatic carbocycles. The molecule has 5 atom stereocenters. The summed E-state index contributed by atoms with van der Waals surface area (Å²) in [6.45, 7) is 5.37. The maximum atomic E-state index is 11.6. The van der Waals surface area contributed by atoms with Gasteiger partial charge in [0.05, 0.1) is 17.9 Å². The van der Waals surface area contributed by atoms with Crippen molar-refractivity contribution in [2.45, 2.75) is 52.2 Å². The van der Waals surface area contributed by atoms with E-state index in [1.165, 1.54) is 6.92 Å². The van der Waals surface area contributed by atoms with Gasteiger partial charge in [0.15, 0.2) is 0 Å². The average Bonchev–Trinajstić information content (AvgIpc) is 2.76. The normalized spacial score (nSPS) is 29.3. The minimum absolute atomic E-state index is 0.0953. The number of amides is 1. The fraction of sp³-hybridized carbons (Fsp3) is 0.800. The van der Waals surface area contributed by atoms with Crippen molar-refractivity contribution in [3.05, 3.63) is 0 Å². The molecule has 7 heteroatoms. The zero-order valence-electron chi connectivity index (χ0n) is 13.4. The highest BCUT2D eigenvalue weighted by molar-refractivity contribution is 5.83. The Bertz CT molecular complexity index is 437. The summed E-state index contributed by atoms with van der Waals surface area (Å²) < 4.78 is 0. The molecule has 1 fully saturated rings. The summed E-state index contributed by atoms with van der Waals surface area (Å²) in [6.07, 6.45) is 0.580. The van der Waals surface area contributed by atoms with E-state index in [2.05, 4.69) is 5.32 Å². The molecule has 0 unspecified atom stereocenters. The zero-order chi connectivity index (χ0) is 17.0. The summed E-state index contributed by atoms with van der Waals surface area (Å²) in [5, 5.41) is 30.3. The van der Waals surface area contributed by atoms with Gasteiger partial charge >= 0.3 is 5.97 Å². The maximum absolute atomic E-state index is 11.6. The van der Waals surface area contributed by atoms with Crippen LogP contribution in [0.3, 0.4) is 0 Å². The molecule has 0 aliphatic heterocycles. The van der Waals surface area contributed by atoms with Gasteiger partial charge in [-0.25, -0.2) is 0 Å². The van der Waals surface area contributed by atoms with Crippen LogP contribution in [0.2, 0.25) is 0 Å². The van der Waals surface area contributed by atoms with Crippen molar-refractivity contribution in [3.63, 3.8) is 0 Å². The van der Waals surface area contributed by atoms with Crippen molar-refractivity contribution in [1.29, 1.82) is 5.41 Å². The second-order valence-electron chi connectivity index (χ2n) is 6.11. The Morgan fingerprint density at radius 2 is 1.86 bits per heavy atom. The van der Waals surface area contributed by atoms with E-state index in [4.69, 9.17) is 11.1 Å².